The van der Waals surface area contributed by atoms with Crippen molar-refractivity contribution in [2.45, 2.75) is 26.7 Å². The number of halogens is 2. The van der Waals surface area contributed by atoms with Crippen LogP contribution in [0.25, 0.3) is 0 Å². The van der Waals surface area contributed by atoms with Crippen molar-refractivity contribution in [2.75, 3.05) is 6.54 Å². The first-order valence-electron chi connectivity index (χ1n) is 5.74. The summed E-state index contributed by atoms with van der Waals surface area (Å²) < 4.78 is 0.728. The monoisotopic (exact) mass is 317 g/mol. The zero-order chi connectivity index (χ0) is 12.8. The molecule has 1 rings (SSSR count). The Balaban J connectivity index is 2.47. The van der Waals surface area contributed by atoms with Gasteiger partial charge in [-0.15, -0.1) is 0 Å². The van der Waals surface area contributed by atoms with Crippen LogP contribution in [0.5, 0.6) is 0 Å². The zero-order valence-electron chi connectivity index (χ0n) is 10.1. The van der Waals surface area contributed by atoms with Crippen molar-refractivity contribution in [3.05, 3.63) is 33.3 Å². The van der Waals surface area contributed by atoms with Gasteiger partial charge >= 0.3 is 0 Å². The summed E-state index contributed by atoms with van der Waals surface area (Å²) in [5, 5.41) is 3.52. The topological polar surface area (TPSA) is 29.1 Å². The fourth-order valence-electron chi connectivity index (χ4n) is 1.48. The molecule has 0 aromatic heterocycles. The number of hydrogen-bond acceptors (Lipinski definition) is 1. The highest BCUT2D eigenvalue weighted by atomic mass is 79.9. The average Bonchev–Trinajstić information content (AvgIpc) is 2.23. The summed E-state index contributed by atoms with van der Waals surface area (Å²) in [6.45, 7) is 5.07. The van der Waals surface area contributed by atoms with E-state index in [1.807, 2.05) is 0 Å². The summed E-state index contributed by atoms with van der Waals surface area (Å²) in [6, 6.07) is 5.17. The second kappa shape index (κ2) is 7.02. The van der Waals surface area contributed by atoms with Crippen LogP contribution >= 0.6 is 27.5 Å². The number of carbonyl (C=O) groups is 1. The molecule has 1 amide bonds. The molecule has 0 fully saturated rings. The molecule has 1 aromatic rings. The largest absolute Gasteiger partial charge is 0.352 e. The lowest BCUT2D eigenvalue weighted by Gasteiger charge is -2.08. The maximum atomic E-state index is 11.8. The zero-order valence-corrected chi connectivity index (χ0v) is 12.4. The standard InChI is InChI=1S/C13H17BrClNO/c1-9(2)4-3-7-16-13(17)11-6-5-10(15)8-12(11)14/h5-6,8-9H,3-4,7H2,1-2H3,(H,16,17). The Morgan fingerprint density at radius 1 is 1.47 bits per heavy atom. The van der Waals surface area contributed by atoms with Gasteiger partial charge < -0.3 is 5.32 Å². The van der Waals surface area contributed by atoms with Gasteiger partial charge in [0, 0.05) is 16.0 Å². The predicted molar refractivity (Wildman–Crippen MR) is 75.6 cm³/mol. The SMILES string of the molecule is CC(C)CCCNC(=O)c1ccc(Cl)cc1Br. The van der Waals surface area contributed by atoms with Crippen LogP contribution < -0.4 is 5.32 Å². The second-order valence-electron chi connectivity index (χ2n) is 4.42. The van der Waals surface area contributed by atoms with Crippen LogP contribution in [-0.4, -0.2) is 12.5 Å². The van der Waals surface area contributed by atoms with Gasteiger partial charge in [0.2, 0.25) is 0 Å². The van der Waals surface area contributed by atoms with Crippen LogP contribution in [0, 0.1) is 5.92 Å². The van der Waals surface area contributed by atoms with Crippen LogP contribution in [-0.2, 0) is 0 Å². The minimum Gasteiger partial charge on any atom is -0.352 e. The summed E-state index contributed by atoms with van der Waals surface area (Å²) in [5.41, 5.74) is 0.624. The van der Waals surface area contributed by atoms with Crippen molar-refractivity contribution >= 4 is 33.4 Å². The van der Waals surface area contributed by atoms with Gasteiger partial charge in [-0.05, 0) is 52.9 Å². The van der Waals surface area contributed by atoms with Gasteiger partial charge in [0.15, 0.2) is 0 Å². The summed E-state index contributed by atoms with van der Waals surface area (Å²) in [6.07, 6.45) is 2.14. The van der Waals surface area contributed by atoms with E-state index in [1.54, 1.807) is 18.2 Å². The Morgan fingerprint density at radius 2 is 2.18 bits per heavy atom. The maximum Gasteiger partial charge on any atom is 0.252 e. The highest BCUT2D eigenvalue weighted by molar-refractivity contribution is 9.10. The lowest BCUT2D eigenvalue weighted by Crippen LogP contribution is -2.25. The highest BCUT2D eigenvalue weighted by Gasteiger charge is 2.09. The van der Waals surface area contributed by atoms with Crippen molar-refractivity contribution in [3.63, 3.8) is 0 Å². The van der Waals surface area contributed by atoms with Gasteiger partial charge in [-0.25, -0.2) is 0 Å². The molecule has 1 aromatic carbocycles. The van der Waals surface area contributed by atoms with Gasteiger partial charge in [-0.3, -0.25) is 4.79 Å². The quantitative estimate of drug-likeness (QED) is 0.807. The predicted octanol–water partition coefficient (Wildman–Crippen LogP) is 4.27. The average molecular weight is 319 g/mol. The second-order valence-corrected chi connectivity index (χ2v) is 5.71. The third-order valence-corrected chi connectivity index (χ3v) is 3.31. The van der Waals surface area contributed by atoms with Gasteiger partial charge in [0.1, 0.15) is 0 Å². The third kappa shape index (κ3) is 5.09. The van der Waals surface area contributed by atoms with E-state index in [0.29, 0.717) is 23.0 Å². The van der Waals surface area contributed by atoms with Crippen LogP contribution in [0.15, 0.2) is 22.7 Å². The first-order valence-corrected chi connectivity index (χ1v) is 6.91. The van der Waals surface area contributed by atoms with E-state index in [2.05, 4.69) is 35.1 Å². The van der Waals surface area contributed by atoms with E-state index < -0.39 is 0 Å². The maximum absolute atomic E-state index is 11.8. The fourth-order valence-corrected chi connectivity index (χ4v) is 2.34. The Bertz CT molecular complexity index is 393. The summed E-state index contributed by atoms with van der Waals surface area (Å²) in [5.74, 6) is 0.617. The Kier molecular flexibility index (Phi) is 6.00. The minimum absolute atomic E-state index is 0.0581. The fraction of sp³-hybridized carbons (Fsp3) is 0.462. The lowest BCUT2D eigenvalue weighted by molar-refractivity contribution is 0.0952. The highest BCUT2D eigenvalue weighted by Crippen LogP contribution is 2.21. The Hall–Kier alpha value is -0.540. The molecule has 0 saturated heterocycles. The van der Waals surface area contributed by atoms with Crippen molar-refractivity contribution in [1.29, 1.82) is 0 Å². The van der Waals surface area contributed by atoms with E-state index in [0.717, 1.165) is 17.3 Å². The molecule has 2 nitrogen and oxygen atoms in total. The lowest BCUT2D eigenvalue weighted by atomic mass is 10.1. The van der Waals surface area contributed by atoms with E-state index in [4.69, 9.17) is 11.6 Å². The van der Waals surface area contributed by atoms with E-state index >= 15 is 0 Å². The molecule has 0 aliphatic rings. The molecule has 94 valence electrons. The molecule has 0 aliphatic carbocycles. The van der Waals surface area contributed by atoms with E-state index in [-0.39, 0.29) is 5.91 Å². The molecule has 0 saturated carbocycles. The molecule has 4 heteroatoms. The normalized spacial score (nSPS) is 10.6. The molecule has 0 radical (unpaired) electrons. The van der Waals surface area contributed by atoms with E-state index in [9.17, 15) is 4.79 Å². The third-order valence-electron chi connectivity index (χ3n) is 2.42. The number of nitrogens with one attached hydrogen (secondary N) is 1. The number of rotatable bonds is 5. The summed E-state index contributed by atoms with van der Waals surface area (Å²) >= 11 is 9.16. The number of benzene rings is 1. The molecule has 17 heavy (non-hydrogen) atoms. The molecule has 0 spiro atoms. The number of carbonyl (C=O) groups excluding carboxylic acids is 1. The first kappa shape index (κ1) is 14.5. The molecule has 0 unspecified atom stereocenters. The van der Waals surface area contributed by atoms with Gasteiger partial charge in [0.25, 0.3) is 5.91 Å². The van der Waals surface area contributed by atoms with Crippen LogP contribution in [0.2, 0.25) is 5.02 Å². The molecule has 0 atom stereocenters. The van der Waals surface area contributed by atoms with Gasteiger partial charge in [-0.1, -0.05) is 25.4 Å². The van der Waals surface area contributed by atoms with Crippen LogP contribution in [0.4, 0.5) is 0 Å². The van der Waals surface area contributed by atoms with Crippen molar-refractivity contribution < 1.29 is 4.79 Å². The summed E-state index contributed by atoms with van der Waals surface area (Å²) in [4.78, 5) is 11.8. The first-order chi connectivity index (χ1) is 8.00. The van der Waals surface area contributed by atoms with Crippen LogP contribution in [0.3, 0.4) is 0 Å². The van der Waals surface area contributed by atoms with Crippen molar-refractivity contribution in [2.24, 2.45) is 5.92 Å². The Morgan fingerprint density at radius 3 is 2.76 bits per heavy atom. The molecular weight excluding hydrogens is 302 g/mol. The van der Waals surface area contributed by atoms with Crippen molar-refractivity contribution in [3.8, 4) is 0 Å². The van der Waals surface area contributed by atoms with Gasteiger partial charge in [0.05, 0.1) is 5.56 Å². The Labute approximate surface area is 116 Å². The number of amides is 1. The van der Waals surface area contributed by atoms with Crippen molar-refractivity contribution in [1.82, 2.24) is 5.32 Å². The van der Waals surface area contributed by atoms with Crippen LogP contribution in [0.1, 0.15) is 37.0 Å². The molecular formula is C13H17BrClNO. The summed E-state index contributed by atoms with van der Waals surface area (Å²) in [7, 11) is 0. The molecule has 0 heterocycles. The number of hydrogen-bond donors (Lipinski definition) is 1. The van der Waals surface area contributed by atoms with Gasteiger partial charge in [-0.2, -0.15) is 0 Å². The minimum atomic E-state index is -0.0581. The van der Waals surface area contributed by atoms with E-state index in [1.165, 1.54) is 0 Å². The molecule has 0 aliphatic heterocycles. The molecule has 1 N–H and O–H groups in total. The smallest absolute Gasteiger partial charge is 0.252 e. The molecule has 0 bridgehead atoms.